The normalized spacial score (nSPS) is 39.8. The molecule has 1 saturated carbocycles. The van der Waals surface area contributed by atoms with Gasteiger partial charge in [0.25, 0.3) is 0 Å². The summed E-state index contributed by atoms with van der Waals surface area (Å²) in [7, 11) is 0. The number of aliphatic carboxylic acids is 1. The molecule has 3 rings (SSSR count). The standard InChI is InChI=1S/C10H5Cl7.C6H12O7/c11-4-2-1-3-5(4)9(15)7(13)6(12)8(3,14)10(9,16)17;7-1-2(8)3(9)4(10)5(11)6(12)13/h1-5H;2-5,7-11H,1H2,(H,12,13)/t;2-,3-,4+,5-/m.1/s1. The van der Waals surface area contributed by atoms with E-state index >= 15 is 0 Å². The van der Waals surface area contributed by atoms with Gasteiger partial charge in [0.2, 0.25) is 0 Å². The van der Waals surface area contributed by atoms with Crippen LogP contribution in [-0.4, -0.2) is 87.1 Å². The van der Waals surface area contributed by atoms with Crippen molar-refractivity contribution < 1.29 is 35.4 Å². The molecule has 5 unspecified atom stereocenters. The largest absolute Gasteiger partial charge is 0.479 e. The molecule has 9 atom stereocenters. The van der Waals surface area contributed by atoms with Crippen molar-refractivity contribution in [1.82, 2.24) is 0 Å². The summed E-state index contributed by atoms with van der Waals surface area (Å²) in [6, 6.07) is 0. The molecule has 3 aliphatic rings. The van der Waals surface area contributed by atoms with E-state index in [-0.39, 0.29) is 27.3 Å². The predicted octanol–water partition coefficient (Wildman–Crippen LogP) is 1.75. The van der Waals surface area contributed by atoms with Crippen LogP contribution in [0.5, 0.6) is 0 Å². The highest BCUT2D eigenvalue weighted by atomic mass is 35.5. The summed E-state index contributed by atoms with van der Waals surface area (Å²) in [6.45, 7) is -0.843. The molecule has 0 spiro atoms. The van der Waals surface area contributed by atoms with Crippen molar-refractivity contribution in [3.05, 3.63) is 22.2 Å². The molecule has 1 fully saturated rings. The van der Waals surface area contributed by atoms with Crippen molar-refractivity contribution in [2.24, 2.45) is 11.8 Å². The highest BCUT2D eigenvalue weighted by molar-refractivity contribution is 6.66. The Morgan fingerprint density at radius 1 is 0.967 bits per heavy atom. The second-order valence-corrected chi connectivity index (χ2v) is 10.8. The first-order valence-electron chi connectivity index (χ1n) is 8.32. The molecule has 14 heteroatoms. The first-order chi connectivity index (χ1) is 13.6. The van der Waals surface area contributed by atoms with E-state index in [4.69, 9.17) is 112 Å². The zero-order valence-electron chi connectivity index (χ0n) is 14.6. The lowest BCUT2D eigenvalue weighted by atomic mass is 9.84. The van der Waals surface area contributed by atoms with Crippen LogP contribution in [0.15, 0.2) is 22.2 Å². The molecule has 0 amide bonds. The summed E-state index contributed by atoms with van der Waals surface area (Å²) in [5.74, 6) is -2.20. The highest BCUT2D eigenvalue weighted by Gasteiger charge is 2.83. The lowest BCUT2D eigenvalue weighted by molar-refractivity contribution is -0.164. The second-order valence-electron chi connectivity index (χ2n) is 7.02. The van der Waals surface area contributed by atoms with Gasteiger partial charge in [0, 0.05) is 11.8 Å². The van der Waals surface area contributed by atoms with Gasteiger partial charge >= 0.3 is 5.97 Å². The Morgan fingerprint density at radius 2 is 1.47 bits per heavy atom. The van der Waals surface area contributed by atoms with Crippen molar-refractivity contribution >= 4 is 87.2 Å². The van der Waals surface area contributed by atoms with Gasteiger partial charge in [-0.2, -0.15) is 0 Å². The maximum atomic E-state index is 10.1. The van der Waals surface area contributed by atoms with Crippen molar-refractivity contribution in [2.75, 3.05) is 6.61 Å². The lowest BCUT2D eigenvalue weighted by Crippen LogP contribution is -2.48. The number of fused-ring (bicyclic) bond motifs is 5. The van der Waals surface area contributed by atoms with Gasteiger partial charge in [-0.05, 0) is 0 Å². The van der Waals surface area contributed by atoms with E-state index in [0.717, 1.165) is 0 Å². The average molecular weight is 569 g/mol. The molecular weight excluding hydrogens is 552 g/mol. The van der Waals surface area contributed by atoms with Crippen LogP contribution in [0.1, 0.15) is 0 Å². The van der Waals surface area contributed by atoms with Gasteiger partial charge in [-0.25, -0.2) is 4.79 Å². The maximum Gasteiger partial charge on any atom is 0.335 e. The molecule has 0 radical (unpaired) electrons. The third-order valence-corrected chi connectivity index (χ3v) is 10.1. The Hall–Kier alpha value is 0.780. The number of aliphatic hydroxyl groups excluding tert-OH is 5. The topological polar surface area (TPSA) is 138 Å². The third-order valence-electron chi connectivity index (χ3n) is 5.40. The number of carbonyl (C=O) groups is 1. The van der Waals surface area contributed by atoms with Gasteiger partial charge in [-0.1, -0.05) is 58.6 Å². The fourth-order valence-electron chi connectivity index (χ4n) is 3.75. The number of hydrogen-bond acceptors (Lipinski definition) is 6. The number of halogens is 7. The van der Waals surface area contributed by atoms with Crippen LogP contribution < -0.4 is 0 Å². The zero-order chi connectivity index (χ0) is 23.4. The van der Waals surface area contributed by atoms with Gasteiger partial charge < -0.3 is 30.6 Å². The third kappa shape index (κ3) is 3.67. The highest BCUT2D eigenvalue weighted by Crippen LogP contribution is 2.78. The maximum absolute atomic E-state index is 10.1. The van der Waals surface area contributed by atoms with E-state index in [1.165, 1.54) is 0 Å². The average Bonchev–Trinajstić information content (AvgIpc) is 3.18. The summed E-state index contributed by atoms with van der Waals surface area (Å²) in [6.07, 6.45) is -4.14. The monoisotopic (exact) mass is 566 g/mol. The molecule has 0 heterocycles. The molecule has 3 aliphatic carbocycles. The van der Waals surface area contributed by atoms with Crippen LogP contribution in [0.2, 0.25) is 0 Å². The number of hydrogen-bond donors (Lipinski definition) is 6. The Balaban J connectivity index is 0.000000224. The zero-order valence-corrected chi connectivity index (χ0v) is 19.9. The lowest BCUT2D eigenvalue weighted by Gasteiger charge is -2.34. The molecule has 0 aromatic heterocycles. The van der Waals surface area contributed by atoms with Gasteiger partial charge in [0.1, 0.15) is 28.1 Å². The van der Waals surface area contributed by atoms with Gasteiger partial charge in [0.15, 0.2) is 10.4 Å². The first kappa shape index (κ1) is 27.0. The predicted molar refractivity (Wildman–Crippen MR) is 115 cm³/mol. The molecule has 0 saturated heterocycles. The van der Waals surface area contributed by atoms with Crippen LogP contribution in [-0.2, 0) is 4.79 Å². The van der Waals surface area contributed by atoms with E-state index in [1.807, 2.05) is 12.2 Å². The van der Waals surface area contributed by atoms with Crippen LogP contribution in [0, 0.1) is 11.8 Å². The second kappa shape index (κ2) is 9.20. The van der Waals surface area contributed by atoms with Gasteiger partial charge in [0.05, 0.1) is 22.0 Å². The summed E-state index contributed by atoms with van der Waals surface area (Å²) in [5.41, 5.74) is 0. The van der Waals surface area contributed by atoms with Crippen molar-refractivity contribution in [1.29, 1.82) is 0 Å². The number of carboxylic acids is 1. The molecule has 0 aromatic carbocycles. The molecular formula is C16H17Cl7O7. The Kier molecular flexibility index (Phi) is 8.29. The molecule has 2 bridgehead atoms. The molecule has 0 aromatic rings. The smallest absolute Gasteiger partial charge is 0.335 e. The Bertz CT molecular complexity index is 762. The van der Waals surface area contributed by atoms with Crippen LogP contribution in [0.25, 0.3) is 0 Å². The fourth-order valence-corrected chi connectivity index (χ4v) is 7.26. The summed E-state index contributed by atoms with van der Waals surface area (Å²) in [4.78, 5) is 7.64. The van der Waals surface area contributed by atoms with E-state index in [1.54, 1.807) is 0 Å². The minimum absolute atomic E-state index is 0.205. The van der Waals surface area contributed by atoms with Crippen molar-refractivity contribution in [3.8, 4) is 0 Å². The number of rotatable bonds is 5. The number of allylic oxidation sites excluding steroid dienone is 4. The van der Waals surface area contributed by atoms with Crippen molar-refractivity contribution in [2.45, 2.75) is 43.9 Å². The minimum atomic E-state index is -2.20. The first-order valence-corrected chi connectivity index (χ1v) is 11.0. The van der Waals surface area contributed by atoms with E-state index in [0.29, 0.717) is 0 Å². The molecule has 7 nitrogen and oxygen atoms in total. The van der Waals surface area contributed by atoms with Crippen LogP contribution in [0.3, 0.4) is 0 Å². The summed E-state index contributed by atoms with van der Waals surface area (Å²) < 4.78 is -1.48. The van der Waals surface area contributed by atoms with Gasteiger partial charge in [-0.3, -0.25) is 0 Å². The van der Waals surface area contributed by atoms with E-state index < -0.39 is 51.1 Å². The molecule has 0 aliphatic heterocycles. The fraction of sp³-hybridized carbons (Fsp3) is 0.688. The quantitative estimate of drug-likeness (QED) is 0.219. The summed E-state index contributed by atoms with van der Waals surface area (Å²) in [5, 5.41) is 51.9. The SMILES string of the molecule is ClC1=C(Cl)C2(Cl)C3C(Cl)C=CC3C1(Cl)C2(Cl)Cl.O=C(O)[C@H](O)[C@@H](O)[C@H](O)[C@H](O)CO. The van der Waals surface area contributed by atoms with E-state index in [9.17, 15) is 4.79 Å². The number of carboxylic acid groups (broad SMARTS) is 1. The number of aliphatic hydroxyl groups is 5. The van der Waals surface area contributed by atoms with Gasteiger partial charge in [-0.15, -0.1) is 34.8 Å². The van der Waals surface area contributed by atoms with Crippen LogP contribution >= 0.6 is 81.2 Å². The molecule has 6 N–H and O–H groups in total. The minimum Gasteiger partial charge on any atom is -0.479 e. The summed E-state index contributed by atoms with van der Waals surface area (Å²) >= 11 is 44.5. The Morgan fingerprint density at radius 3 is 1.93 bits per heavy atom. The molecule has 172 valence electrons. The number of alkyl halides is 5. The van der Waals surface area contributed by atoms with Crippen LogP contribution in [0.4, 0.5) is 0 Å². The van der Waals surface area contributed by atoms with E-state index in [2.05, 4.69) is 0 Å². The molecule has 30 heavy (non-hydrogen) atoms. The Labute approximate surface area is 206 Å². The van der Waals surface area contributed by atoms with Crippen molar-refractivity contribution in [3.63, 3.8) is 0 Å².